The number of carbonyl (C=O) groups is 2. The van der Waals surface area contributed by atoms with Crippen LogP contribution in [0.2, 0.25) is 0 Å². The molecule has 120 valence electrons. The van der Waals surface area contributed by atoms with Crippen LogP contribution in [0.3, 0.4) is 0 Å². The SMILES string of the molecule is CNC(=O)[C@H]1CCCCN1C(=O)c1csc(-c2ccccc2)n1. The van der Waals surface area contributed by atoms with Crippen molar-refractivity contribution in [2.45, 2.75) is 25.3 Å². The Hall–Kier alpha value is -2.21. The Balaban J connectivity index is 1.82. The number of carbonyl (C=O) groups excluding carboxylic acids is 2. The summed E-state index contributed by atoms with van der Waals surface area (Å²) in [6, 6.07) is 9.41. The summed E-state index contributed by atoms with van der Waals surface area (Å²) in [5, 5.41) is 5.25. The molecule has 0 spiro atoms. The number of amides is 2. The summed E-state index contributed by atoms with van der Waals surface area (Å²) in [6.45, 7) is 0.606. The maximum absolute atomic E-state index is 12.8. The van der Waals surface area contributed by atoms with Gasteiger partial charge in [0.25, 0.3) is 5.91 Å². The highest BCUT2D eigenvalue weighted by Gasteiger charge is 2.33. The molecule has 2 aromatic rings. The molecule has 0 radical (unpaired) electrons. The zero-order valence-corrected chi connectivity index (χ0v) is 13.8. The van der Waals surface area contributed by atoms with Crippen LogP contribution >= 0.6 is 11.3 Å². The van der Waals surface area contributed by atoms with Crippen LogP contribution in [-0.2, 0) is 4.79 Å². The van der Waals surface area contributed by atoms with Crippen molar-refractivity contribution in [1.82, 2.24) is 15.2 Å². The van der Waals surface area contributed by atoms with Gasteiger partial charge < -0.3 is 10.2 Å². The molecule has 0 bridgehead atoms. The second-order valence-corrected chi connectivity index (χ2v) is 6.39. The van der Waals surface area contributed by atoms with Crippen LogP contribution < -0.4 is 5.32 Å². The van der Waals surface area contributed by atoms with Gasteiger partial charge in [0, 0.05) is 24.5 Å². The van der Waals surface area contributed by atoms with E-state index < -0.39 is 0 Å². The summed E-state index contributed by atoms with van der Waals surface area (Å²) < 4.78 is 0. The molecule has 1 atom stereocenters. The minimum Gasteiger partial charge on any atom is -0.357 e. The Morgan fingerprint density at radius 3 is 2.78 bits per heavy atom. The first-order valence-corrected chi connectivity index (χ1v) is 8.62. The van der Waals surface area contributed by atoms with Gasteiger partial charge in [-0.3, -0.25) is 9.59 Å². The van der Waals surface area contributed by atoms with Crippen molar-refractivity contribution in [2.75, 3.05) is 13.6 Å². The van der Waals surface area contributed by atoms with E-state index in [1.54, 1.807) is 17.3 Å². The molecule has 1 N–H and O–H groups in total. The number of nitrogens with one attached hydrogen (secondary N) is 1. The second kappa shape index (κ2) is 6.91. The molecule has 2 heterocycles. The molecule has 3 rings (SSSR count). The monoisotopic (exact) mass is 329 g/mol. The predicted octanol–water partition coefficient (Wildman–Crippen LogP) is 2.55. The molecule has 1 fully saturated rings. The largest absolute Gasteiger partial charge is 0.357 e. The third kappa shape index (κ3) is 3.27. The van der Waals surface area contributed by atoms with E-state index in [0.717, 1.165) is 23.4 Å². The number of rotatable bonds is 3. The molecule has 1 aromatic carbocycles. The van der Waals surface area contributed by atoms with Crippen LogP contribution in [0.15, 0.2) is 35.7 Å². The fraction of sp³-hybridized carbons (Fsp3) is 0.353. The lowest BCUT2D eigenvalue weighted by Crippen LogP contribution is -2.51. The van der Waals surface area contributed by atoms with Crippen LogP contribution in [0.5, 0.6) is 0 Å². The van der Waals surface area contributed by atoms with Crippen molar-refractivity contribution >= 4 is 23.2 Å². The highest BCUT2D eigenvalue weighted by Crippen LogP contribution is 2.26. The van der Waals surface area contributed by atoms with Crippen molar-refractivity contribution in [3.05, 3.63) is 41.4 Å². The molecule has 0 unspecified atom stereocenters. The van der Waals surface area contributed by atoms with E-state index in [9.17, 15) is 9.59 Å². The third-order valence-electron chi connectivity index (χ3n) is 4.06. The van der Waals surface area contributed by atoms with Crippen molar-refractivity contribution in [1.29, 1.82) is 0 Å². The molecule has 2 amide bonds. The van der Waals surface area contributed by atoms with Gasteiger partial charge in [0.1, 0.15) is 16.7 Å². The molecule has 6 heteroatoms. The molecule has 0 saturated carbocycles. The van der Waals surface area contributed by atoms with Crippen molar-refractivity contribution in [3.63, 3.8) is 0 Å². The van der Waals surface area contributed by atoms with Gasteiger partial charge in [0.2, 0.25) is 5.91 Å². The standard InChI is InChI=1S/C17H19N3O2S/c1-18-15(21)14-9-5-6-10-20(14)17(22)13-11-23-16(19-13)12-7-3-2-4-8-12/h2-4,7-8,11,14H,5-6,9-10H2,1H3,(H,18,21)/t14-/m1/s1. The number of likely N-dealkylation sites (tertiary alicyclic amines) is 1. The summed E-state index contributed by atoms with van der Waals surface area (Å²) >= 11 is 1.45. The van der Waals surface area contributed by atoms with Crippen LogP contribution in [-0.4, -0.2) is 41.3 Å². The number of piperidine rings is 1. The number of likely N-dealkylation sites (N-methyl/N-ethyl adjacent to an activating group) is 1. The fourth-order valence-electron chi connectivity index (χ4n) is 2.85. The van der Waals surface area contributed by atoms with Gasteiger partial charge in [-0.2, -0.15) is 0 Å². The number of benzene rings is 1. The Bertz CT molecular complexity index is 699. The fourth-order valence-corrected chi connectivity index (χ4v) is 3.65. The Kier molecular flexibility index (Phi) is 4.71. The number of nitrogens with zero attached hydrogens (tertiary/aromatic N) is 2. The Morgan fingerprint density at radius 2 is 2.04 bits per heavy atom. The summed E-state index contributed by atoms with van der Waals surface area (Å²) in [5.74, 6) is -0.256. The van der Waals surface area contributed by atoms with E-state index in [2.05, 4.69) is 10.3 Å². The molecule has 23 heavy (non-hydrogen) atoms. The van der Waals surface area contributed by atoms with E-state index in [1.165, 1.54) is 11.3 Å². The van der Waals surface area contributed by atoms with Crippen molar-refractivity contribution < 1.29 is 9.59 Å². The third-order valence-corrected chi connectivity index (χ3v) is 4.95. The molecule has 0 aliphatic carbocycles. The number of hydrogen-bond acceptors (Lipinski definition) is 4. The van der Waals surface area contributed by atoms with Gasteiger partial charge in [-0.25, -0.2) is 4.98 Å². The number of aromatic nitrogens is 1. The lowest BCUT2D eigenvalue weighted by molar-refractivity contribution is -0.126. The molecule has 1 aliphatic rings. The molecule has 5 nitrogen and oxygen atoms in total. The van der Waals surface area contributed by atoms with E-state index in [1.807, 2.05) is 30.3 Å². The predicted molar refractivity (Wildman–Crippen MR) is 90.3 cm³/mol. The minimum atomic E-state index is -0.386. The molecular weight excluding hydrogens is 310 g/mol. The van der Waals surface area contributed by atoms with Gasteiger partial charge in [-0.05, 0) is 19.3 Å². The lowest BCUT2D eigenvalue weighted by atomic mass is 10.0. The van der Waals surface area contributed by atoms with Gasteiger partial charge in [-0.1, -0.05) is 30.3 Å². The normalized spacial score (nSPS) is 17.8. The first-order valence-electron chi connectivity index (χ1n) is 7.74. The Labute approximate surface area is 139 Å². The van der Waals surface area contributed by atoms with Gasteiger partial charge >= 0.3 is 0 Å². The van der Waals surface area contributed by atoms with E-state index >= 15 is 0 Å². The average Bonchev–Trinajstić information content (AvgIpc) is 3.11. The summed E-state index contributed by atoms with van der Waals surface area (Å²) in [5.41, 5.74) is 1.42. The van der Waals surface area contributed by atoms with Gasteiger partial charge in [0.15, 0.2) is 0 Å². The summed E-state index contributed by atoms with van der Waals surface area (Å²) in [6.07, 6.45) is 2.60. The molecule has 1 aliphatic heterocycles. The van der Waals surface area contributed by atoms with Crippen LogP contribution in [0.4, 0.5) is 0 Å². The maximum atomic E-state index is 12.8. The van der Waals surface area contributed by atoms with Gasteiger partial charge in [-0.15, -0.1) is 11.3 Å². The Morgan fingerprint density at radius 1 is 1.26 bits per heavy atom. The maximum Gasteiger partial charge on any atom is 0.274 e. The highest BCUT2D eigenvalue weighted by molar-refractivity contribution is 7.13. The van der Waals surface area contributed by atoms with Crippen molar-refractivity contribution in [2.24, 2.45) is 0 Å². The van der Waals surface area contributed by atoms with Crippen LogP contribution in [0, 0.1) is 0 Å². The second-order valence-electron chi connectivity index (χ2n) is 5.53. The number of hydrogen-bond donors (Lipinski definition) is 1. The van der Waals surface area contributed by atoms with Crippen LogP contribution in [0.1, 0.15) is 29.8 Å². The minimum absolute atomic E-state index is 0.100. The zero-order valence-electron chi connectivity index (χ0n) is 13.0. The first-order chi connectivity index (χ1) is 11.2. The molecule has 1 saturated heterocycles. The lowest BCUT2D eigenvalue weighted by Gasteiger charge is -2.33. The van der Waals surface area contributed by atoms with Crippen molar-refractivity contribution in [3.8, 4) is 10.6 Å². The summed E-state index contributed by atoms with van der Waals surface area (Å²) in [7, 11) is 1.61. The topological polar surface area (TPSA) is 62.3 Å². The van der Waals surface area contributed by atoms with Gasteiger partial charge in [0.05, 0.1) is 0 Å². The van der Waals surface area contributed by atoms with E-state index in [0.29, 0.717) is 18.7 Å². The van der Waals surface area contributed by atoms with E-state index in [4.69, 9.17) is 0 Å². The smallest absolute Gasteiger partial charge is 0.274 e. The molecular formula is C17H19N3O2S. The number of thiazole rings is 1. The zero-order chi connectivity index (χ0) is 16.2. The quantitative estimate of drug-likeness (QED) is 0.941. The summed E-state index contributed by atoms with van der Waals surface area (Å²) in [4.78, 5) is 30.9. The first kappa shape index (κ1) is 15.7. The van der Waals surface area contributed by atoms with Crippen LogP contribution in [0.25, 0.3) is 10.6 Å². The van der Waals surface area contributed by atoms with E-state index in [-0.39, 0.29) is 17.9 Å². The average molecular weight is 329 g/mol. The highest BCUT2D eigenvalue weighted by atomic mass is 32.1. The molecule has 1 aromatic heterocycles.